The Morgan fingerprint density at radius 2 is 0.938 bits per heavy atom. The lowest BCUT2D eigenvalue weighted by molar-refractivity contribution is -0.143. The molecule has 3 rings (SSSR count). The molecular formula is C64H102N18O26S4. The van der Waals surface area contributed by atoms with Gasteiger partial charge in [-0.1, -0.05) is 98.6 Å². The number of rotatable bonds is 27. The van der Waals surface area contributed by atoms with Gasteiger partial charge in [0.15, 0.2) is 0 Å². The van der Waals surface area contributed by atoms with Gasteiger partial charge in [0, 0.05) is 29.4 Å². The highest BCUT2D eigenvalue weighted by molar-refractivity contribution is 8.77. The predicted octanol–water partition coefficient (Wildman–Crippen LogP) is -8.54. The zero-order valence-electron chi connectivity index (χ0n) is 62.9. The van der Waals surface area contributed by atoms with E-state index in [-0.39, 0.29) is 18.8 Å². The largest absolute Gasteiger partial charge is 0.481 e. The Morgan fingerprint density at radius 3 is 1.44 bits per heavy atom. The van der Waals surface area contributed by atoms with Crippen molar-refractivity contribution in [3.05, 3.63) is 0 Å². The summed E-state index contributed by atoms with van der Waals surface area (Å²) in [6, 6.07) is -28.1. The highest BCUT2D eigenvalue weighted by Gasteiger charge is 2.41. The summed E-state index contributed by atoms with van der Waals surface area (Å²) in [5.41, 5.74) is 16.3. The lowest BCUT2D eigenvalue weighted by Gasteiger charge is -2.29. The van der Waals surface area contributed by atoms with Gasteiger partial charge in [-0.2, -0.15) is 0 Å². The number of carboxylic acid groups (broad SMARTS) is 4. The fourth-order valence-electron chi connectivity index (χ4n) is 10.2. The second-order valence-corrected chi connectivity index (χ2v) is 32.7. The second kappa shape index (κ2) is 48.2. The quantitative estimate of drug-likeness (QED) is 0.0268. The van der Waals surface area contributed by atoms with Crippen LogP contribution in [-0.2, 0) is 101 Å². The van der Waals surface area contributed by atoms with Gasteiger partial charge in [-0.05, 0) is 56.8 Å². The van der Waals surface area contributed by atoms with E-state index in [1.165, 1.54) is 27.7 Å². The number of carboxylic acids is 4. The first-order valence-electron chi connectivity index (χ1n) is 35.0. The molecule has 3 saturated heterocycles. The van der Waals surface area contributed by atoms with E-state index in [1.807, 2.05) is 10.6 Å². The van der Waals surface area contributed by atoms with Gasteiger partial charge < -0.3 is 122 Å². The minimum absolute atomic E-state index is 0.112. The molecule has 16 atom stereocenters. The molecule has 0 aromatic rings. The van der Waals surface area contributed by atoms with Gasteiger partial charge in [-0.15, -0.1) is 0 Å². The summed E-state index contributed by atoms with van der Waals surface area (Å²) in [5, 5.41) is 85.2. The van der Waals surface area contributed by atoms with Crippen LogP contribution in [0, 0.1) is 23.7 Å². The van der Waals surface area contributed by atoms with Crippen molar-refractivity contribution < 1.29 is 126 Å². The number of nitrogens with one attached hydrogen (secondary N) is 15. The van der Waals surface area contributed by atoms with Crippen molar-refractivity contribution in [1.82, 2.24) is 79.8 Å². The van der Waals surface area contributed by atoms with Crippen LogP contribution < -0.4 is 97.0 Å². The van der Waals surface area contributed by atoms with Crippen LogP contribution >= 0.6 is 43.2 Å². The first-order chi connectivity index (χ1) is 52.1. The molecule has 2 bridgehead atoms. The molecule has 628 valence electrons. The van der Waals surface area contributed by atoms with Crippen LogP contribution in [0.2, 0.25) is 0 Å². The number of nitrogens with two attached hydrogens (primary N) is 3. The zero-order chi connectivity index (χ0) is 85.3. The molecule has 44 nitrogen and oxygen atoms in total. The number of carbonyl (C=O) groups is 21. The maximum atomic E-state index is 14.9. The van der Waals surface area contributed by atoms with E-state index in [0.717, 1.165) is 24.6 Å². The van der Waals surface area contributed by atoms with Crippen LogP contribution in [0.4, 0.5) is 0 Å². The number of amides is 17. The third-order valence-corrected chi connectivity index (χ3v) is 21.0. The van der Waals surface area contributed by atoms with E-state index in [4.69, 9.17) is 17.2 Å². The van der Waals surface area contributed by atoms with E-state index in [9.17, 15) is 126 Å². The smallest absolute Gasteiger partial charge is 0.326 e. The Morgan fingerprint density at radius 1 is 0.464 bits per heavy atom. The van der Waals surface area contributed by atoms with E-state index < -0.39 is 307 Å². The molecule has 0 unspecified atom stereocenters. The van der Waals surface area contributed by atoms with Gasteiger partial charge in [-0.3, -0.25) is 95.9 Å². The topological polar surface area (TPSA) is 718 Å². The maximum absolute atomic E-state index is 14.9. The first kappa shape index (κ1) is 98.3. The first-order valence-corrected chi connectivity index (χ1v) is 40.0. The molecular weight excluding hydrogens is 1570 g/mol. The van der Waals surface area contributed by atoms with Crippen molar-refractivity contribution in [2.24, 2.45) is 40.9 Å². The Hall–Kier alpha value is -9.81. The lowest BCUT2D eigenvalue weighted by Crippen LogP contribution is -2.62. The Balaban J connectivity index is 3.27. The standard InChI is InChI=1S/C64H102N18O26S4/c1-24(2)13-32-53(96)79-40-23-112-109-20-37(57(100)76-36(64(107)108)14-25(3)4)70-43(86)19-68-61(104)49(29(10)83)82-60(103)39(77-50(93)28(9)69-62(105)47(26(5)6)80-56(99)33(16-42(67)85)75-63(106)48(27(7)8)81-59(40)102)22-111-110-21-38(58(101)71-31(52(95)73-32)11-12-44(87)88)78-55(98)35(18-46(91)92)74-54(97)34(17-45(89)90)72-51(94)30(65)15-41(66)84/h24-40,47-49,83H,11-23,65H2,1-10H3,(H2,66,84)(H2,67,85)(H,68,104)(H,69,105)(H,70,86)(H,71,101)(H,72,94)(H,73,95)(H,74,97)(H,75,106)(H,76,100)(H,77,93)(H,78,98)(H,79,96)(H,80,99)(H,81,102)(H,82,103)(H,87,88)(H,89,90)(H,91,92)(H,107,108)/t28-,29+,30-,31-,32-,33-,34-,35-,36-,37-,38-,39-,40-,47-,48-,49-/m0/s1. The number of carbonyl (C=O) groups excluding carboxylic acids is 17. The van der Waals surface area contributed by atoms with E-state index in [1.54, 1.807) is 27.7 Å². The molecule has 0 aromatic carbocycles. The van der Waals surface area contributed by atoms with Crippen LogP contribution in [-0.4, -0.2) is 276 Å². The molecule has 0 radical (unpaired) electrons. The van der Waals surface area contributed by atoms with E-state index >= 15 is 0 Å². The lowest BCUT2D eigenvalue weighted by atomic mass is 10.00. The summed E-state index contributed by atoms with van der Waals surface area (Å²) in [6.07, 6.45) is -8.41. The normalized spacial score (nSPS) is 24.6. The third kappa shape index (κ3) is 35.7. The van der Waals surface area contributed by atoms with Crippen molar-refractivity contribution in [2.45, 2.75) is 217 Å². The molecule has 3 heterocycles. The predicted molar refractivity (Wildman–Crippen MR) is 400 cm³/mol. The van der Waals surface area contributed by atoms with Crippen LogP contribution in [0.25, 0.3) is 0 Å². The van der Waals surface area contributed by atoms with Gasteiger partial charge in [-0.25, -0.2) is 4.79 Å². The van der Waals surface area contributed by atoms with Gasteiger partial charge in [0.2, 0.25) is 100 Å². The summed E-state index contributed by atoms with van der Waals surface area (Å²) >= 11 is 0. The molecule has 0 aliphatic carbocycles. The van der Waals surface area contributed by atoms with Gasteiger partial charge >= 0.3 is 23.9 Å². The SMILES string of the molecule is CC(C)C[C@H](NC(=O)[C@@H]1CSSC[C@@H]2NC(=O)[C@H](CC(C)C)NC(=O)[C@H](CCC(=O)O)NC(=O)[C@@H](NC(=O)[C@H](CC(=O)O)NC(=O)[C@H](CC(=O)O)NC(=O)[C@@H](N)CC(N)=O)CSSC[C@H](NC(=O)[C@H](C)NC(=O)[C@H](C(C)C)NC(=O)[C@H](CC(N)=O)NC(=O)[C@H](C(C)C)NC2=O)C(=O)N[C@@H]([C@@H](C)O)C(=O)NCC(=O)N1)C(=O)O. The minimum Gasteiger partial charge on any atom is -0.481 e. The maximum Gasteiger partial charge on any atom is 0.326 e. The van der Waals surface area contributed by atoms with Crippen LogP contribution in [0.1, 0.15) is 121 Å². The summed E-state index contributed by atoms with van der Waals surface area (Å²) in [7, 11) is 2.53. The summed E-state index contributed by atoms with van der Waals surface area (Å²) < 4.78 is 0. The van der Waals surface area contributed by atoms with Crippen molar-refractivity contribution in [2.75, 3.05) is 29.6 Å². The Bertz CT molecular complexity index is 3470. The highest BCUT2D eigenvalue weighted by atomic mass is 33.1. The third-order valence-electron chi connectivity index (χ3n) is 16.1. The number of aliphatic carboxylic acids is 4. The Kier molecular flexibility index (Phi) is 42.3. The summed E-state index contributed by atoms with van der Waals surface area (Å²) in [6.45, 7) is 13.3. The van der Waals surface area contributed by atoms with Gasteiger partial charge in [0.05, 0.1) is 44.4 Å². The fourth-order valence-corrected chi connectivity index (χ4v) is 14.9. The Labute approximate surface area is 658 Å². The van der Waals surface area contributed by atoms with Gasteiger partial charge in [0.25, 0.3) is 0 Å². The van der Waals surface area contributed by atoms with Crippen molar-refractivity contribution in [1.29, 1.82) is 0 Å². The molecule has 0 aromatic heterocycles. The molecule has 3 aliphatic heterocycles. The number of primary amides is 2. The fraction of sp³-hybridized carbons (Fsp3) is 0.672. The molecule has 26 N–H and O–H groups in total. The second-order valence-electron chi connectivity index (χ2n) is 27.6. The number of fused-ring (bicyclic) bond motifs is 37. The average molecular weight is 1670 g/mol. The monoisotopic (exact) mass is 1670 g/mol. The highest BCUT2D eigenvalue weighted by Crippen LogP contribution is 2.26. The number of aliphatic hydroxyl groups excluding tert-OH is 1. The van der Waals surface area contributed by atoms with Crippen LogP contribution in [0.5, 0.6) is 0 Å². The van der Waals surface area contributed by atoms with Crippen molar-refractivity contribution >= 4 is 167 Å². The minimum atomic E-state index is -2.32. The van der Waals surface area contributed by atoms with E-state index in [2.05, 4.69) is 69.1 Å². The average Bonchev–Trinajstić information content (AvgIpc) is 0.815. The zero-order valence-corrected chi connectivity index (χ0v) is 66.2. The molecule has 0 saturated carbocycles. The molecule has 0 spiro atoms. The van der Waals surface area contributed by atoms with Crippen molar-refractivity contribution in [3.8, 4) is 0 Å². The molecule has 3 fully saturated rings. The summed E-state index contributed by atoms with van der Waals surface area (Å²) in [5.74, 6) is -33.2. The van der Waals surface area contributed by atoms with Crippen LogP contribution in [0.15, 0.2) is 0 Å². The molecule has 3 aliphatic rings. The summed E-state index contributed by atoms with van der Waals surface area (Å²) in [4.78, 5) is 287. The number of hydrogen-bond donors (Lipinski definition) is 23. The van der Waals surface area contributed by atoms with Gasteiger partial charge in [0.1, 0.15) is 84.6 Å². The number of hydrogen-bond acceptors (Lipinski definition) is 27. The molecule has 48 heteroatoms. The number of aliphatic hydroxyl groups is 1. The molecule has 112 heavy (non-hydrogen) atoms. The van der Waals surface area contributed by atoms with E-state index in [0.29, 0.717) is 32.4 Å². The van der Waals surface area contributed by atoms with Crippen LogP contribution in [0.3, 0.4) is 0 Å². The molecule has 17 amide bonds. The van der Waals surface area contributed by atoms with Crippen molar-refractivity contribution in [3.63, 3.8) is 0 Å².